The molecule has 3 heteroatoms. The Labute approximate surface area is 245 Å². The highest BCUT2D eigenvalue weighted by atomic mass is 16.3. The highest BCUT2D eigenvalue weighted by Gasteiger charge is 2.62. The van der Waals surface area contributed by atoms with Gasteiger partial charge < -0.3 is 15.7 Å². The van der Waals surface area contributed by atoms with Crippen LogP contribution in [0.3, 0.4) is 0 Å². The highest BCUT2D eigenvalue weighted by Crippen LogP contribution is 2.63. The Morgan fingerprint density at radius 3 is 2.58 bits per heavy atom. The van der Waals surface area contributed by atoms with Crippen LogP contribution in [0.1, 0.15) is 124 Å². The van der Waals surface area contributed by atoms with Crippen LogP contribution in [0, 0.1) is 40.9 Å². The van der Waals surface area contributed by atoms with Crippen molar-refractivity contribution in [2.75, 3.05) is 0 Å². The van der Waals surface area contributed by atoms with Crippen molar-refractivity contribution in [3.8, 4) is 0 Å². The summed E-state index contributed by atoms with van der Waals surface area (Å²) in [5.74, 6) is 4.61. The minimum absolute atomic E-state index is 0.162. The summed E-state index contributed by atoms with van der Waals surface area (Å²) >= 11 is 0. The van der Waals surface area contributed by atoms with Gasteiger partial charge in [-0.1, -0.05) is 61.1 Å². The lowest BCUT2D eigenvalue weighted by Crippen LogP contribution is -2.61. The Balaban J connectivity index is 1.07. The molecule has 7 aliphatic rings. The van der Waals surface area contributed by atoms with E-state index in [0.717, 1.165) is 30.1 Å². The summed E-state index contributed by atoms with van der Waals surface area (Å²) in [6, 6.07) is 1.50. The van der Waals surface area contributed by atoms with E-state index in [1.807, 2.05) is 0 Å². The van der Waals surface area contributed by atoms with Gasteiger partial charge in [-0.15, -0.1) is 0 Å². The first-order chi connectivity index (χ1) is 19.1. The van der Waals surface area contributed by atoms with Crippen LogP contribution in [0.5, 0.6) is 0 Å². The summed E-state index contributed by atoms with van der Waals surface area (Å²) in [7, 11) is 0. The van der Waals surface area contributed by atoms with E-state index < -0.39 is 0 Å². The summed E-state index contributed by atoms with van der Waals surface area (Å²) in [4.78, 5) is 0. The summed E-state index contributed by atoms with van der Waals surface area (Å²) in [6.45, 7) is 14.1. The molecule has 3 N–H and O–H groups in total. The number of piperidine rings is 1. The van der Waals surface area contributed by atoms with E-state index in [2.05, 4.69) is 51.0 Å². The van der Waals surface area contributed by atoms with Gasteiger partial charge in [0, 0.05) is 23.7 Å². The summed E-state index contributed by atoms with van der Waals surface area (Å²) in [5, 5.41) is 19.8. The lowest BCUT2D eigenvalue weighted by atomic mass is 9.59. The summed E-state index contributed by atoms with van der Waals surface area (Å²) in [5.41, 5.74) is 6.91. The second-order valence-corrected chi connectivity index (χ2v) is 16.5. The van der Waals surface area contributed by atoms with Crippen LogP contribution < -0.4 is 10.6 Å². The van der Waals surface area contributed by atoms with Gasteiger partial charge in [-0.05, 0) is 139 Å². The quantitative estimate of drug-likeness (QED) is 0.315. The minimum Gasteiger partial charge on any atom is -0.391 e. The topological polar surface area (TPSA) is 44.3 Å². The molecule has 0 aromatic carbocycles. The first-order valence-corrected chi connectivity index (χ1v) is 17.4. The first-order valence-electron chi connectivity index (χ1n) is 17.4. The van der Waals surface area contributed by atoms with Crippen molar-refractivity contribution < 1.29 is 5.11 Å². The number of allylic oxidation sites excluding steroid dienone is 4. The van der Waals surface area contributed by atoms with Crippen LogP contribution in [0.25, 0.3) is 0 Å². The van der Waals surface area contributed by atoms with Crippen molar-refractivity contribution in [1.82, 2.24) is 10.6 Å². The van der Waals surface area contributed by atoms with Crippen molar-refractivity contribution in [3.05, 3.63) is 34.9 Å². The molecule has 0 aromatic rings. The summed E-state index contributed by atoms with van der Waals surface area (Å²) in [6.07, 6.45) is 22.1. The minimum atomic E-state index is -0.162. The zero-order valence-electron chi connectivity index (χ0n) is 26.1. The molecule has 6 fully saturated rings. The van der Waals surface area contributed by atoms with Crippen LogP contribution in [-0.4, -0.2) is 34.9 Å². The Kier molecular flexibility index (Phi) is 7.24. The Bertz CT molecular complexity index is 1070. The van der Waals surface area contributed by atoms with Gasteiger partial charge in [0.25, 0.3) is 0 Å². The first kappa shape index (κ1) is 27.9. The average molecular weight is 547 g/mol. The smallest absolute Gasteiger partial charge is 0.0696 e. The molecule has 11 unspecified atom stereocenters. The molecule has 0 aromatic heterocycles. The Morgan fingerprint density at radius 2 is 1.80 bits per heavy atom. The Morgan fingerprint density at radius 1 is 1.00 bits per heavy atom. The number of fused-ring (bicyclic) bond motifs is 6. The monoisotopic (exact) mass is 546 g/mol. The molecule has 0 bridgehead atoms. The van der Waals surface area contributed by atoms with E-state index in [9.17, 15) is 5.11 Å². The fraction of sp³-hybridized carbons (Fsp3) is 0.838. The number of rotatable bonds is 4. The number of hydrogen-bond acceptors (Lipinski definition) is 3. The standard InChI is InChI=1S/C37H58N2O/c1-22(2)24-13-14-36(4)21-27(15-23(3)31(36)18-24)32-12-11-28-17-26-16-25-19-33(38-29-9-7-6-8-10-29)34(40)20-30(25)35(26)37(28,5)39-32/h15,24-26,28-30,32-35,38-40H,1,6-14,16-21H2,2-5H3. The zero-order valence-corrected chi connectivity index (χ0v) is 26.1. The van der Waals surface area contributed by atoms with Crippen LogP contribution in [0.4, 0.5) is 0 Å². The molecule has 1 saturated heterocycles. The molecule has 222 valence electrons. The van der Waals surface area contributed by atoms with E-state index in [0.29, 0.717) is 35.4 Å². The van der Waals surface area contributed by atoms with Crippen molar-refractivity contribution >= 4 is 0 Å². The average Bonchev–Trinajstić information content (AvgIpc) is 3.41. The molecule has 40 heavy (non-hydrogen) atoms. The molecular formula is C37H58N2O. The third-order valence-electron chi connectivity index (χ3n) is 14.0. The normalized spacial score (nSPS) is 49.1. The van der Waals surface area contributed by atoms with Crippen LogP contribution in [0.2, 0.25) is 0 Å². The number of aliphatic hydroxyl groups excluding tert-OH is 1. The lowest BCUT2D eigenvalue weighted by Gasteiger charge is -2.51. The molecule has 0 spiro atoms. The second-order valence-electron chi connectivity index (χ2n) is 16.5. The van der Waals surface area contributed by atoms with Crippen LogP contribution >= 0.6 is 0 Å². The van der Waals surface area contributed by atoms with Gasteiger partial charge in [0.2, 0.25) is 0 Å². The highest BCUT2D eigenvalue weighted by molar-refractivity contribution is 5.41. The molecule has 0 amide bonds. The summed E-state index contributed by atoms with van der Waals surface area (Å²) < 4.78 is 0. The molecule has 3 nitrogen and oxygen atoms in total. The Hall–Kier alpha value is -0.900. The lowest BCUT2D eigenvalue weighted by molar-refractivity contribution is 0.00450. The van der Waals surface area contributed by atoms with Gasteiger partial charge in [0.05, 0.1) is 6.10 Å². The largest absolute Gasteiger partial charge is 0.391 e. The van der Waals surface area contributed by atoms with Gasteiger partial charge in [-0.25, -0.2) is 0 Å². The predicted octanol–water partition coefficient (Wildman–Crippen LogP) is 7.86. The van der Waals surface area contributed by atoms with E-state index >= 15 is 0 Å². The third-order valence-corrected chi connectivity index (χ3v) is 14.0. The van der Waals surface area contributed by atoms with E-state index in [4.69, 9.17) is 0 Å². The van der Waals surface area contributed by atoms with E-state index in [1.54, 1.807) is 16.7 Å². The predicted molar refractivity (Wildman–Crippen MR) is 166 cm³/mol. The van der Waals surface area contributed by atoms with Crippen LogP contribution in [-0.2, 0) is 0 Å². The van der Waals surface area contributed by atoms with Crippen molar-refractivity contribution in [1.29, 1.82) is 0 Å². The maximum absolute atomic E-state index is 11.4. The SMILES string of the molecule is C=C(C)C1CCC2(C)CC(C3CCC4CC5CC6CC(NC7CCCCC7)C(O)CC6C5C4(C)N3)=CC(C)=C2C1. The van der Waals surface area contributed by atoms with Crippen molar-refractivity contribution in [2.45, 2.75) is 154 Å². The zero-order chi connectivity index (χ0) is 27.8. The second kappa shape index (κ2) is 10.4. The maximum Gasteiger partial charge on any atom is 0.0696 e. The van der Waals surface area contributed by atoms with Crippen LogP contribution in [0.15, 0.2) is 34.9 Å². The molecule has 1 heterocycles. The molecular weight excluding hydrogens is 488 g/mol. The molecule has 6 aliphatic carbocycles. The molecule has 11 atom stereocenters. The van der Waals surface area contributed by atoms with E-state index in [1.165, 1.54) is 95.5 Å². The van der Waals surface area contributed by atoms with Crippen molar-refractivity contribution in [2.24, 2.45) is 40.9 Å². The molecule has 7 rings (SSSR count). The molecule has 5 saturated carbocycles. The van der Waals surface area contributed by atoms with Crippen molar-refractivity contribution in [3.63, 3.8) is 0 Å². The van der Waals surface area contributed by atoms with Gasteiger partial charge in [0.15, 0.2) is 0 Å². The van der Waals surface area contributed by atoms with Gasteiger partial charge in [-0.2, -0.15) is 0 Å². The fourth-order valence-electron chi connectivity index (χ4n) is 12.0. The van der Waals surface area contributed by atoms with Gasteiger partial charge >= 0.3 is 0 Å². The van der Waals surface area contributed by atoms with Gasteiger partial charge in [-0.3, -0.25) is 0 Å². The maximum atomic E-state index is 11.4. The number of hydrogen-bond donors (Lipinski definition) is 3. The van der Waals surface area contributed by atoms with Gasteiger partial charge in [0.1, 0.15) is 0 Å². The molecule has 0 radical (unpaired) electrons. The number of aliphatic hydroxyl groups is 1. The third kappa shape index (κ3) is 4.64. The number of nitrogens with one attached hydrogen (secondary N) is 2. The molecule has 1 aliphatic heterocycles. The fourth-order valence-corrected chi connectivity index (χ4v) is 12.0. The van der Waals surface area contributed by atoms with E-state index in [-0.39, 0.29) is 11.6 Å².